The van der Waals surface area contributed by atoms with E-state index in [0.717, 1.165) is 5.56 Å². The Hall–Kier alpha value is -2.52. The van der Waals surface area contributed by atoms with Crippen LogP contribution >= 0.6 is 11.3 Å². The van der Waals surface area contributed by atoms with Crippen molar-refractivity contribution in [3.8, 4) is 16.5 Å². The number of carbonyl (C=O) groups excluding carboxylic acids is 2. The van der Waals surface area contributed by atoms with Crippen LogP contribution in [0.3, 0.4) is 0 Å². The minimum absolute atomic E-state index is 0.104. The average Bonchev–Trinajstić information content (AvgIpc) is 3.14. The maximum atomic E-state index is 12.2. The Bertz CT molecular complexity index is 765. The minimum atomic E-state index is -0.294. The molecule has 0 fully saturated rings. The smallest absolute Gasteiger partial charge is 0.270 e. The fourth-order valence-corrected chi connectivity index (χ4v) is 3.11. The van der Waals surface area contributed by atoms with E-state index in [2.05, 4.69) is 20.6 Å². The average molecular weight is 376 g/mol. The van der Waals surface area contributed by atoms with Gasteiger partial charge in [-0.15, -0.1) is 11.3 Å². The van der Waals surface area contributed by atoms with E-state index in [9.17, 15) is 9.59 Å². The van der Waals surface area contributed by atoms with E-state index >= 15 is 0 Å². The normalized spacial score (nSPS) is 17.1. The zero-order chi connectivity index (χ0) is 18.2. The zero-order valence-corrected chi connectivity index (χ0v) is 15.0. The summed E-state index contributed by atoms with van der Waals surface area (Å²) in [5, 5.41) is 7.90. The van der Waals surface area contributed by atoms with Crippen molar-refractivity contribution >= 4 is 23.2 Å². The van der Waals surface area contributed by atoms with Crippen molar-refractivity contribution in [2.24, 2.45) is 0 Å². The summed E-state index contributed by atoms with van der Waals surface area (Å²) >= 11 is 1.37. The highest BCUT2D eigenvalue weighted by Crippen LogP contribution is 2.25. The third-order valence-corrected chi connectivity index (χ3v) is 4.51. The predicted octanol–water partition coefficient (Wildman–Crippen LogP) is 1.24. The lowest BCUT2D eigenvalue weighted by atomic mass is 10.3. The minimum Gasteiger partial charge on any atom is -0.475 e. The summed E-state index contributed by atoms with van der Waals surface area (Å²) < 4.78 is 11.1. The van der Waals surface area contributed by atoms with E-state index < -0.39 is 0 Å². The first-order valence-electron chi connectivity index (χ1n) is 8.40. The highest BCUT2D eigenvalue weighted by molar-refractivity contribution is 7.13. The van der Waals surface area contributed by atoms with Gasteiger partial charge >= 0.3 is 0 Å². The molecule has 0 saturated heterocycles. The molecule has 0 radical (unpaired) electrons. The Balaban J connectivity index is 1.72. The summed E-state index contributed by atoms with van der Waals surface area (Å²) in [4.78, 5) is 32.4. The first kappa shape index (κ1) is 18.3. The molecule has 2 aromatic rings. The first-order valence-corrected chi connectivity index (χ1v) is 9.28. The highest BCUT2D eigenvalue weighted by atomic mass is 32.1. The van der Waals surface area contributed by atoms with E-state index in [1.807, 2.05) is 6.07 Å². The van der Waals surface area contributed by atoms with Crippen LogP contribution in [-0.2, 0) is 9.53 Å². The van der Waals surface area contributed by atoms with Gasteiger partial charge < -0.3 is 20.1 Å². The lowest BCUT2D eigenvalue weighted by Crippen LogP contribution is -2.31. The molecule has 1 aliphatic heterocycles. The third kappa shape index (κ3) is 5.24. The molecule has 9 heteroatoms. The maximum absolute atomic E-state index is 12.2. The molecule has 0 atom stereocenters. The zero-order valence-electron chi connectivity index (χ0n) is 14.2. The second-order valence-electron chi connectivity index (χ2n) is 5.59. The van der Waals surface area contributed by atoms with Crippen LogP contribution in [-0.4, -0.2) is 54.7 Å². The molecule has 3 heterocycles. The molecule has 1 aliphatic rings. The van der Waals surface area contributed by atoms with Crippen molar-refractivity contribution < 1.29 is 19.1 Å². The number of fused-ring (bicyclic) bond motifs is 5. The lowest BCUT2D eigenvalue weighted by molar-refractivity contribution is -0.121. The molecule has 2 amide bonds. The Labute approximate surface area is 154 Å². The summed E-state index contributed by atoms with van der Waals surface area (Å²) in [6, 6.07) is 3.61. The van der Waals surface area contributed by atoms with Gasteiger partial charge in [0, 0.05) is 49.3 Å². The van der Waals surface area contributed by atoms with Crippen LogP contribution in [0.1, 0.15) is 23.3 Å². The number of ether oxygens (including phenoxy) is 2. The molecular weight excluding hydrogens is 356 g/mol. The molecular formula is C17H20N4O4S. The van der Waals surface area contributed by atoms with E-state index in [0.29, 0.717) is 49.4 Å². The Kier molecular flexibility index (Phi) is 6.50. The number of hydrogen-bond donors (Lipinski definition) is 2. The number of amides is 2. The monoisotopic (exact) mass is 376 g/mol. The second-order valence-corrected chi connectivity index (χ2v) is 6.45. The van der Waals surface area contributed by atoms with Gasteiger partial charge in [0.2, 0.25) is 11.8 Å². The van der Waals surface area contributed by atoms with Gasteiger partial charge in [-0.2, -0.15) is 0 Å². The van der Waals surface area contributed by atoms with Gasteiger partial charge in [-0.25, -0.2) is 9.97 Å². The molecule has 4 bridgehead atoms. The summed E-state index contributed by atoms with van der Waals surface area (Å²) in [6.45, 7) is 2.16. The summed E-state index contributed by atoms with van der Waals surface area (Å²) in [5.41, 5.74) is 1.16. The van der Waals surface area contributed by atoms with Gasteiger partial charge in [-0.3, -0.25) is 9.59 Å². The quantitative estimate of drug-likeness (QED) is 0.717. The first-order chi connectivity index (χ1) is 12.7. The predicted molar refractivity (Wildman–Crippen MR) is 96.2 cm³/mol. The standard InChI is InChI=1S/C17H20N4O4S/c22-14-3-6-20-16(23)13-11-26-17(21-13)12-2-5-19-15(10-12)25-9-8-24-7-1-4-18-14/h2,5,10-11H,1,3-4,6-9H2,(H,18,22)(H,20,23). The molecule has 138 valence electrons. The number of thiazole rings is 1. The van der Waals surface area contributed by atoms with Crippen LogP contribution < -0.4 is 15.4 Å². The molecule has 0 spiro atoms. The maximum Gasteiger partial charge on any atom is 0.270 e. The van der Waals surface area contributed by atoms with Crippen LogP contribution in [0.4, 0.5) is 0 Å². The number of nitrogens with one attached hydrogen (secondary N) is 2. The van der Waals surface area contributed by atoms with Crippen LogP contribution in [0, 0.1) is 0 Å². The van der Waals surface area contributed by atoms with Gasteiger partial charge in [-0.05, 0) is 12.5 Å². The third-order valence-electron chi connectivity index (χ3n) is 3.62. The summed E-state index contributed by atoms with van der Waals surface area (Å²) in [7, 11) is 0. The molecule has 2 N–H and O–H groups in total. The van der Waals surface area contributed by atoms with Crippen LogP contribution in [0.2, 0.25) is 0 Å². The summed E-state index contributed by atoms with van der Waals surface area (Å²) in [5.74, 6) is 0.0854. The van der Waals surface area contributed by atoms with Gasteiger partial charge in [0.1, 0.15) is 17.3 Å². The van der Waals surface area contributed by atoms with Gasteiger partial charge in [0.05, 0.1) is 6.61 Å². The van der Waals surface area contributed by atoms with Crippen molar-refractivity contribution in [1.82, 2.24) is 20.6 Å². The molecule has 8 nitrogen and oxygen atoms in total. The van der Waals surface area contributed by atoms with Crippen molar-refractivity contribution in [2.75, 3.05) is 32.9 Å². The van der Waals surface area contributed by atoms with Crippen molar-refractivity contribution in [1.29, 1.82) is 0 Å². The Morgan fingerprint density at radius 1 is 1.12 bits per heavy atom. The van der Waals surface area contributed by atoms with Crippen LogP contribution in [0.25, 0.3) is 10.6 Å². The fourth-order valence-electron chi connectivity index (χ4n) is 2.31. The van der Waals surface area contributed by atoms with Crippen LogP contribution in [0.5, 0.6) is 5.88 Å². The number of aromatic nitrogens is 2. The topological polar surface area (TPSA) is 102 Å². The van der Waals surface area contributed by atoms with Crippen molar-refractivity contribution in [2.45, 2.75) is 12.8 Å². The molecule has 0 aromatic carbocycles. The number of pyridine rings is 1. The molecule has 26 heavy (non-hydrogen) atoms. The summed E-state index contributed by atoms with van der Waals surface area (Å²) in [6.07, 6.45) is 2.59. The second kappa shape index (κ2) is 9.25. The number of carbonyl (C=O) groups is 2. The fraction of sp³-hybridized carbons (Fsp3) is 0.412. The Morgan fingerprint density at radius 2 is 2.04 bits per heavy atom. The Morgan fingerprint density at radius 3 is 2.96 bits per heavy atom. The van der Waals surface area contributed by atoms with E-state index in [1.54, 1.807) is 17.6 Å². The number of rotatable bonds is 0. The van der Waals surface area contributed by atoms with E-state index in [1.165, 1.54) is 11.3 Å². The number of nitrogens with zero attached hydrogens (tertiary/aromatic N) is 2. The largest absolute Gasteiger partial charge is 0.475 e. The lowest BCUT2D eigenvalue weighted by Gasteiger charge is -2.08. The van der Waals surface area contributed by atoms with Gasteiger partial charge in [-0.1, -0.05) is 0 Å². The van der Waals surface area contributed by atoms with E-state index in [4.69, 9.17) is 9.47 Å². The molecule has 0 saturated carbocycles. The van der Waals surface area contributed by atoms with E-state index in [-0.39, 0.29) is 24.8 Å². The highest BCUT2D eigenvalue weighted by Gasteiger charge is 2.13. The van der Waals surface area contributed by atoms with Crippen molar-refractivity contribution in [3.63, 3.8) is 0 Å². The molecule has 3 rings (SSSR count). The van der Waals surface area contributed by atoms with Gasteiger partial charge in [0.15, 0.2) is 0 Å². The molecule has 2 aromatic heterocycles. The number of hydrogen-bond acceptors (Lipinski definition) is 7. The SMILES string of the molecule is O=C1CCNC(=O)c2csc(n2)-c2ccnc(c2)OCCOCCCN1. The van der Waals surface area contributed by atoms with Crippen molar-refractivity contribution in [3.05, 3.63) is 29.4 Å². The van der Waals surface area contributed by atoms with Gasteiger partial charge in [0.25, 0.3) is 5.91 Å². The van der Waals surface area contributed by atoms with Crippen LogP contribution in [0.15, 0.2) is 23.7 Å². The molecule has 0 aliphatic carbocycles. The molecule has 0 unspecified atom stereocenters.